The molecule has 34 heavy (non-hydrogen) atoms. The topological polar surface area (TPSA) is 108 Å². The number of hydrogen-bond acceptors (Lipinski definition) is 5. The molecule has 0 bridgehead atoms. The Morgan fingerprint density at radius 3 is 2.06 bits per heavy atom. The monoisotopic (exact) mass is 477 g/mol. The van der Waals surface area contributed by atoms with Crippen LogP contribution in [0.25, 0.3) is 0 Å². The van der Waals surface area contributed by atoms with Crippen LogP contribution in [-0.4, -0.2) is 58.2 Å². The molecule has 0 spiro atoms. The van der Waals surface area contributed by atoms with E-state index in [4.69, 9.17) is 4.74 Å². The molecule has 3 amide bonds. The van der Waals surface area contributed by atoms with Gasteiger partial charge in [0.15, 0.2) is 0 Å². The van der Waals surface area contributed by atoms with Crippen molar-refractivity contribution in [1.29, 1.82) is 0 Å². The fourth-order valence-electron chi connectivity index (χ4n) is 3.49. The van der Waals surface area contributed by atoms with Crippen molar-refractivity contribution in [3.63, 3.8) is 0 Å². The molecule has 2 unspecified atom stereocenters. The van der Waals surface area contributed by atoms with Crippen LogP contribution in [0.3, 0.4) is 0 Å². The van der Waals surface area contributed by atoms with E-state index in [9.17, 15) is 19.5 Å². The van der Waals surface area contributed by atoms with Gasteiger partial charge >= 0.3 is 6.09 Å². The van der Waals surface area contributed by atoms with Crippen LogP contribution in [0.1, 0.15) is 85.4 Å². The largest absolute Gasteiger partial charge is 0.444 e. The lowest BCUT2D eigenvalue weighted by molar-refractivity contribution is -0.149. The number of carbonyl (C=O) groups excluding carboxylic acids is 3. The highest BCUT2D eigenvalue weighted by Crippen LogP contribution is 2.30. The quantitative estimate of drug-likeness (QED) is 0.445. The first-order chi connectivity index (χ1) is 15.7. The minimum absolute atomic E-state index is 0.310. The third-order valence-electron chi connectivity index (χ3n) is 5.17. The number of rotatable bonds is 10. The summed E-state index contributed by atoms with van der Waals surface area (Å²) >= 11 is 0. The van der Waals surface area contributed by atoms with E-state index in [0.717, 1.165) is 24.8 Å². The fourth-order valence-corrected chi connectivity index (χ4v) is 3.49. The molecule has 192 valence electrons. The van der Waals surface area contributed by atoms with Crippen LogP contribution >= 0.6 is 0 Å². The number of ether oxygens (including phenoxy) is 1. The first-order valence-corrected chi connectivity index (χ1v) is 12.0. The number of amides is 3. The molecule has 0 aliphatic rings. The molecular weight excluding hydrogens is 434 g/mol. The molecule has 0 aliphatic carbocycles. The lowest BCUT2D eigenvalue weighted by Gasteiger charge is -2.42. The highest BCUT2D eigenvalue weighted by molar-refractivity contribution is 5.92. The van der Waals surface area contributed by atoms with Gasteiger partial charge in [-0.2, -0.15) is 0 Å². The molecule has 3 N–H and O–H groups in total. The Bertz CT molecular complexity index is 809. The van der Waals surface area contributed by atoms with E-state index in [2.05, 4.69) is 10.6 Å². The molecule has 0 heterocycles. The van der Waals surface area contributed by atoms with Crippen molar-refractivity contribution < 1.29 is 24.2 Å². The van der Waals surface area contributed by atoms with Crippen LogP contribution in [0.5, 0.6) is 0 Å². The number of nitrogens with one attached hydrogen (secondary N) is 2. The van der Waals surface area contributed by atoms with E-state index >= 15 is 0 Å². The third kappa shape index (κ3) is 8.97. The number of benzene rings is 1. The summed E-state index contributed by atoms with van der Waals surface area (Å²) in [6.07, 6.45) is 1.77. The standard InChI is InChI=1S/C26H43N3O5/c1-9-11-16-27-22(31)21(19-14-12-18(10-2)13-15-19)29(25(3,4)5)23(32)20(17-30)28-24(33)34-26(6,7)8/h12-15,20-21,30H,9-11,16-17H2,1-8H3,(H,27,31)(H,28,33). The number of aliphatic hydroxyl groups excluding tert-OH is 1. The van der Waals surface area contributed by atoms with Crippen molar-refractivity contribution in [1.82, 2.24) is 15.5 Å². The average Bonchev–Trinajstić information content (AvgIpc) is 2.73. The summed E-state index contributed by atoms with van der Waals surface area (Å²) in [6.45, 7) is 14.5. The molecule has 8 nitrogen and oxygen atoms in total. The van der Waals surface area contributed by atoms with Crippen molar-refractivity contribution in [2.45, 2.75) is 97.9 Å². The van der Waals surface area contributed by atoms with Gasteiger partial charge in [0.25, 0.3) is 0 Å². The maximum atomic E-state index is 13.7. The van der Waals surface area contributed by atoms with E-state index in [0.29, 0.717) is 12.1 Å². The summed E-state index contributed by atoms with van der Waals surface area (Å²) in [4.78, 5) is 40.9. The van der Waals surface area contributed by atoms with E-state index in [1.54, 1.807) is 20.8 Å². The molecule has 8 heteroatoms. The first kappa shape index (κ1) is 29.4. The molecule has 1 aromatic rings. The van der Waals surface area contributed by atoms with Gasteiger partial charge in [-0.15, -0.1) is 0 Å². The Hall–Kier alpha value is -2.61. The summed E-state index contributed by atoms with van der Waals surface area (Å²) in [5.74, 6) is -0.883. The minimum atomic E-state index is -1.27. The Morgan fingerprint density at radius 2 is 1.62 bits per heavy atom. The fraction of sp³-hybridized carbons (Fsp3) is 0.654. The maximum absolute atomic E-state index is 13.7. The van der Waals surface area contributed by atoms with E-state index < -0.39 is 41.8 Å². The molecule has 0 saturated carbocycles. The van der Waals surface area contributed by atoms with Gasteiger partial charge in [-0.05, 0) is 65.5 Å². The highest BCUT2D eigenvalue weighted by atomic mass is 16.6. The van der Waals surface area contributed by atoms with Crippen LogP contribution in [0.4, 0.5) is 4.79 Å². The highest BCUT2D eigenvalue weighted by Gasteiger charge is 2.41. The van der Waals surface area contributed by atoms with Gasteiger partial charge < -0.3 is 25.4 Å². The van der Waals surface area contributed by atoms with Gasteiger partial charge in [0.2, 0.25) is 11.8 Å². The van der Waals surface area contributed by atoms with Gasteiger partial charge in [-0.3, -0.25) is 9.59 Å². The minimum Gasteiger partial charge on any atom is -0.444 e. The Morgan fingerprint density at radius 1 is 1.03 bits per heavy atom. The number of carbonyl (C=O) groups is 3. The molecule has 0 saturated heterocycles. The zero-order valence-electron chi connectivity index (χ0n) is 22.0. The number of nitrogens with zero attached hydrogens (tertiary/aromatic N) is 1. The lowest BCUT2D eigenvalue weighted by Crippen LogP contribution is -2.59. The number of aliphatic hydroxyl groups is 1. The average molecular weight is 478 g/mol. The first-order valence-electron chi connectivity index (χ1n) is 12.0. The van der Waals surface area contributed by atoms with Crippen molar-refractivity contribution in [3.8, 4) is 0 Å². The zero-order chi connectivity index (χ0) is 26.1. The van der Waals surface area contributed by atoms with Crippen molar-refractivity contribution >= 4 is 17.9 Å². The van der Waals surface area contributed by atoms with Gasteiger partial charge in [0.05, 0.1) is 6.61 Å². The summed E-state index contributed by atoms with van der Waals surface area (Å²) in [5.41, 5.74) is 0.210. The molecular formula is C26H43N3O5. The Labute approximate surface area is 204 Å². The van der Waals surface area contributed by atoms with E-state index in [1.165, 1.54) is 4.90 Å². The number of unbranched alkanes of at least 4 members (excludes halogenated alkanes) is 1. The van der Waals surface area contributed by atoms with Crippen molar-refractivity contribution in [3.05, 3.63) is 35.4 Å². The van der Waals surface area contributed by atoms with Crippen molar-refractivity contribution in [2.24, 2.45) is 0 Å². The second-order valence-corrected chi connectivity index (χ2v) is 10.4. The van der Waals surface area contributed by atoms with Crippen LogP contribution in [0, 0.1) is 0 Å². The predicted octanol–water partition coefficient (Wildman–Crippen LogP) is 3.72. The zero-order valence-corrected chi connectivity index (χ0v) is 22.0. The second kappa shape index (κ2) is 12.7. The molecule has 0 aromatic heterocycles. The summed E-state index contributed by atoms with van der Waals surface area (Å²) < 4.78 is 5.26. The SMILES string of the molecule is CCCCNC(=O)C(c1ccc(CC)cc1)N(C(=O)C(CO)NC(=O)OC(C)(C)C)C(C)(C)C. The number of alkyl carbamates (subject to hydrolysis) is 1. The van der Waals surface area contributed by atoms with Gasteiger partial charge in [-0.25, -0.2) is 4.79 Å². The van der Waals surface area contributed by atoms with E-state index in [1.807, 2.05) is 58.9 Å². The summed E-state index contributed by atoms with van der Waals surface area (Å²) in [5, 5.41) is 15.4. The van der Waals surface area contributed by atoms with Crippen LogP contribution in [0.2, 0.25) is 0 Å². The van der Waals surface area contributed by atoms with E-state index in [-0.39, 0.29) is 5.91 Å². The molecule has 0 radical (unpaired) electrons. The smallest absolute Gasteiger partial charge is 0.408 e. The van der Waals surface area contributed by atoms with Crippen LogP contribution in [0.15, 0.2) is 24.3 Å². The lowest BCUT2D eigenvalue weighted by atomic mass is 9.94. The second-order valence-electron chi connectivity index (χ2n) is 10.4. The predicted molar refractivity (Wildman–Crippen MR) is 133 cm³/mol. The Balaban J connectivity index is 3.41. The van der Waals surface area contributed by atoms with Crippen LogP contribution in [-0.2, 0) is 20.7 Å². The molecule has 0 aliphatic heterocycles. The maximum Gasteiger partial charge on any atom is 0.408 e. The van der Waals surface area contributed by atoms with Gasteiger partial charge in [-0.1, -0.05) is 44.5 Å². The third-order valence-corrected chi connectivity index (χ3v) is 5.17. The normalized spacial score (nSPS) is 13.6. The molecule has 1 rings (SSSR count). The summed E-state index contributed by atoms with van der Waals surface area (Å²) in [7, 11) is 0. The molecule has 2 atom stereocenters. The molecule has 1 aromatic carbocycles. The summed E-state index contributed by atoms with van der Waals surface area (Å²) in [6, 6.07) is 5.37. The van der Waals surface area contributed by atoms with Crippen LogP contribution < -0.4 is 10.6 Å². The number of hydrogen-bond donors (Lipinski definition) is 3. The number of aryl methyl sites for hydroxylation is 1. The Kier molecular flexibility index (Phi) is 11.0. The van der Waals surface area contributed by atoms with Gasteiger partial charge in [0, 0.05) is 12.1 Å². The molecule has 0 fully saturated rings. The van der Waals surface area contributed by atoms with Crippen molar-refractivity contribution in [2.75, 3.05) is 13.2 Å². The van der Waals surface area contributed by atoms with Gasteiger partial charge in [0.1, 0.15) is 17.7 Å².